The Hall–Kier alpha value is -1.45. The van der Waals surface area contributed by atoms with Crippen LogP contribution in [0.3, 0.4) is 0 Å². The zero-order valence-corrected chi connectivity index (χ0v) is 14.8. The molecule has 2 heterocycles. The van der Waals surface area contributed by atoms with Crippen molar-refractivity contribution in [1.29, 1.82) is 0 Å². The van der Waals surface area contributed by atoms with Crippen molar-refractivity contribution in [1.82, 2.24) is 9.47 Å². The van der Waals surface area contributed by atoms with Crippen molar-refractivity contribution in [3.63, 3.8) is 0 Å². The molecule has 0 fully saturated rings. The van der Waals surface area contributed by atoms with Crippen molar-refractivity contribution >= 4 is 33.6 Å². The first-order valence-corrected chi connectivity index (χ1v) is 9.80. The SMILES string of the molecule is CCN(CC)CCn1c2cccc3c2c2c(cccc21)CSC3. The fourth-order valence-corrected chi connectivity index (χ4v) is 4.89. The second-order valence-corrected chi connectivity index (χ2v) is 7.28. The van der Waals surface area contributed by atoms with Gasteiger partial charge in [-0.05, 0) is 36.3 Å². The average molecular weight is 324 g/mol. The van der Waals surface area contributed by atoms with Gasteiger partial charge in [0.05, 0.1) is 0 Å². The predicted molar refractivity (Wildman–Crippen MR) is 102 cm³/mol. The molecule has 0 aliphatic carbocycles. The van der Waals surface area contributed by atoms with Gasteiger partial charge in [-0.1, -0.05) is 38.1 Å². The Morgan fingerprint density at radius 2 is 1.48 bits per heavy atom. The summed E-state index contributed by atoms with van der Waals surface area (Å²) < 4.78 is 2.55. The molecule has 0 saturated heterocycles. The molecule has 1 aliphatic heterocycles. The van der Waals surface area contributed by atoms with Gasteiger partial charge >= 0.3 is 0 Å². The lowest BCUT2D eigenvalue weighted by Gasteiger charge is -2.19. The van der Waals surface area contributed by atoms with Crippen LogP contribution in [0.25, 0.3) is 21.8 Å². The first-order valence-electron chi connectivity index (χ1n) is 8.65. The smallest absolute Gasteiger partial charge is 0.0495 e. The molecule has 0 N–H and O–H groups in total. The van der Waals surface area contributed by atoms with Crippen molar-refractivity contribution in [2.24, 2.45) is 0 Å². The van der Waals surface area contributed by atoms with Gasteiger partial charge in [0.25, 0.3) is 0 Å². The summed E-state index contributed by atoms with van der Waals surface area (Å²) in [5.41, 5.74) is 5.84. The lowest BCUT2D eigenvalue weighted by atomic mass is 10.0. The molecule has 2 nitrogen and oxygen atoms in total. The van der Waals surface area contributed by atoms with Crippen molar-refractivity contribution in [3.8, 4) is 0 Å². The third-order valence-corrected chi connectivity index (χ3v) is 6.17. The second kappa shape index (κ2) is 6.21. The van der Waals surface area contributed by atoms with E-state index in [1.54, 1.807) is 0 Å². The molecular formula is C20H24N2S. The molecule has 4 rings (SSSR count). The summed E-state index contributed by atoms with van der Waals surface area (Å²) in [4.78, 5) is 2.51. The fourth-order valence-electron chi connectivity index (χ4n) is 3.86. The summed E-state index contributed by atoms with van der Waals surface area (Å²) in [5, 5.41) is 3.00. The highest BCUT2D eigenvalue weighted by Gasteiger charge is 2.19. The Morgan fingerprint density at radius 1 is 0.913 bits per heavy atom. The number of likely N-dealkylation sites (N-methyl/N-ethyl adjacent to an activating group) is 1. The van der Waals surface area contributed by atoms with Crippen LogP contribution in [0, 0.1) is 0 Å². The molecule has 0 unspecified atom stereocenters. The zero-order chi connectivity index (χ0) is 15.8. The maximum absolute atomic E-state index is 2.55. The van der Waals surface area contributed by atoms with E-state index in [1.165, 1.54) is 32.9 Å². The highest BCUT2D eigenvalue weighted by molar-refractivity contribution is 7.97. The lowest BCUT2D eigenvalue weighted by molar-refractivity contribution is 0.293. The zero-order valence-electron chi connectivity index (χ0n) is 14.0. The van der Waals surface area contributed by atoms with Crippen LogP contribution in [0.1, 0.15) is 25.0 Å². The van der Waals surface area contributed by atoms with Crippen molar-refractivity contribution in [2.75, 3.05) is 19.6 Å². The van der Waals surface area contributed by atoms with Crippen LogP contribution in [0.5, 0.6) is 0 Å². The van der Waals surface area contributed by atoms with Crippen molar-refractivity contribution < 1.29 is 0 Å². The molecule has 2 aromatic carbocycles. The highest BCUT2D eigenvalue weighted by atomic mass is 32.2. The molecule has 0 bridgehead atoms. The Balaban J connectivity index is 1.91. The Bertz CT molecular complexity index is 784. The molecule has 0 amide bonds. The molecule has 1 aromatic heterocycles. The minimum Gasteiger partial charge on any atom is -0.339 e. The average Bonchev–Trinajstić information content (AvgIpc) is 2.78. The topological polar surface area (TPSA) is 8.17 Å². The number of thioether (sulfide) groups is 1. The molecular weight excluding hydrogens is 300 g/mol. The summed E-state index contributed by atoms with van der Waals surface area (Å²) in [7, 11) is 0. The summed E-state index contributed by atoms with van der Waals surface area (Å²) in [6.07, 6.45) is 0. The number of aromatic nitrogens is 1. The maximum atomic E-state index is 2.55. The summed E-state index contributed by atoms with van der Waals surface area (Å²) in [5.74, 6) is 2.25. The number of rotatable bonds is 5. The Labute approximate surface area is 142 Å². The number of benzene rings is 2. The number of hydrogen-bond donors (Lipinski definition) is 0. The third kappa shape index (κ3) is 2.47. The van der Waals surface area contributed by atoms with Crippen LogP contribution >= 0.6 is 11.8 Å². The van der Waals surface area contributed by atoms with Gasteiger partial charge in [-0.3, -0.25) is 0 Å². The summed E-state index contributed by atoms with van der Waals surface area (Å²) in [6, 6.07) is 13.7. The summed E-state index contributed by atoms with van der Waals surface area (Å²) >= 11 is 2.04. The molecule has 0 spiro atoms. The van der Waals surface area contributed by atoms with Crippen LogP contribution in [0.15, 0.2) is 36.4 Å². The van der Waals surface area contributed by atoms with E-state index in [0.29, 0.717) is 0 Å². The quantitative estimate of drug-likeness (QED) is 0.661. The van der Waals surface area contributed by atoms with Gasteiger partial charge in [-0.2, -0.15) is 11.8 Å². The first-order chi connectivity index (χ1) is 11.3. The summed E-state index contributed by atoms with van der Waals surface area (Å²) in [6.45, 7) is 8.95. The molecule has 0 saturated carbocycles. The minimum atomic E-state index is 1.07. The first kappa shape index (κ1) is 15.1. The predicted octanol–water partition coefficient (Wildman–Crippen LogP) is 4.88. The molecule has 120 valence electrons. The normalized spacial score (nSPS) is 14.2. The molecule has 0 atom stereocenters. The Morgan fingerprint density at radius 3 is 2.00 bits per heavy atom. The van der Waals surface area contributed by atoms with Crippen LogP contribution in [0.2, 0.25) is 0 Å². The highest BCUT2D eigenvalue weighted by Crippen LogP contribution is 2.39. The van der Waals surface area contributed by atoms with Gasteiger partial charge in [-0.15, -0.1) is 0 Å². The van der Waals surface area contributed by atoms with E-state index in [0.717, 1.165) is 37.7 Å². The van der Waals surface area contributed by atoms with Gasteiger partial charge in [-0.25, -0.2) is 0 Å². The van der Waals surface area contributed by atoms with E-state index in [4.69, 9.17) is 0 Å². The van der Waals surface area contributed by atoms with Gasteiger partial charge in [0.2, 0.25) is 0 Å². The fraction of sp³-hybridized carbons (Fsp3) is 0.400. The number of nitrogens with zero attached hydrogens (tertiary/aromatic N) is 2. The van der Waals surface area contributed by atoms with E-state index < -0.39 is 0 Å². The van der Waals surface area contributed by atoms with Crippen LogP contribution in [-0.2, 0) is 18.1 Å². The van der Waals surface area contributed by atoms with Gasteiger partial charge < -0.3 is 9.47 Å². The van der Waals surface area contributed by atoms with E-state index in [1.807, 2.05) is 11.8 Å². The van der Waals surface area contributed by atoms with E-state index in [-0.39, 0.29) is 0 Å². The van der Waals surface area contributed by atoms with Crippen LogP contribution in [-0.4, -0.2) is 29.1 Å². The van der Waals surface area contributed by atoms with E-state index >= 15 is 0 Å². The molecule has 0 radical (unpaired) electrons. The van der Waals surface area contributed by atoms with E-state index in [9.17, 15) is 0 Å². The lowest BCUT2D eigenvalue weighted by Crippen LogP contribution is -2.26. The molecule has 3 heteroatoms. The second-order valence-electron chi connectivity index (χ2n) is 6.29. The van der Waals surface area contributed by atoms with Crippen molar-refractivity contribution in [2.45, 2.75) is 31.9 Å². The van der Waals surface area contributed by atoms with Gasteiger partial charge in [0.15, 0.2) is 0 Å². The third-order valence-electron chi connectivity index (χ3n) is 5.14. The Kier molecular flexibility index (Phi) is 4.08. The monoisotopic (exact) mass is 324 g/mol. The van der Waals surface area contributed by atoms with Gasteiger partial charge in [0.1, 0.15) is 0 Å². The van der Waals surface area contributed by atoms with Gasteiger partial charge in [0, 0.05) is 46.4 Å². The molecule has 1 aliphatic rings. The van der Waals surface area contributed by atoms with Crippen LogP contribution in [0.4, 0.5) is 0 Å². The minimum absolute atomic E-state index is 1.07. The van der Waals surface area contributed by atoms with Crippen molar-refractivity contribution in [3.05, 3.63) is 47.5 Å². The molecule has 3 aromatic rings. The number of hydrogen-bond acceptors (Lipinski definition) is 2. The largest absolute Gasteiger partial charge is 0.339 e. The maximum Gasteiger partial charge on any atom is 0.0495 e. The van der Waals surface area contributed by atoms with E-state index in [2.05, 4.69) is 59.7 Å². The standard InChI is InChI=1S/C20H24N2S/c1-3-21(4-2)11-12-22-17-9-5-7-15-13-23-14-16-8-6-10-18(22)20(16)19(15)17/h5-10H,3-4,11-14H2,1-2H3. The van der Waals surface area contributed by atoms with Crippen LogP contribution < -0.4 is 0 Å². The molecule has 23 heavy (non-hydrogen) atoms.